The first-order chi connectivity index (χ1) is 15.5. The summed E-state index contributed by atoms with van der Waals surface area (Å²) in [6, 6.07) is 22.5. The Labute approximate surface area is 192 Å². The van der Waals surface area contributed by atoms with E-state index < -0.39 is 5.97 Å². The summed E-state index contributed by atoms with van der Waals surface area (Å²) in [4.78, 5) is 11.1. The maximum atomic E-state index is 11.1. The van der Waals surface area contributed by atoms with E-state index in [1.807, 2.05) is 30.3 Å². The fraction of sp³-hybridized carbons (Fsp3) is 0.179. The van der Waals surface area contributed by atoms with Crippen LogP contribution in [0.4, 0.5) is 0 Å². The summed E-state index contributed by atoms with van der Waals surface area (Å²) in [5.41, 5.74) is 5.68. The van der Waals surface area contributed by atoms with Gasteiger partial charge in [0.05, 0.1) is 12.3 Å². The molecule has 32 heavy (non-hydrogen) atoms. The van der Waals surface area contributed by atoms with Crippen molar-refractivity contribution in [2.45, 2.75) is 32.8 Å². The van der Waals surface area contributed by atoms with Gasteiger partial charge >= 0.3 is 5.97 Å². The van der Waals surface area contributed by atoms with Crippen molar-refractivity contribution < 1.29 is 14.6 Å². The van der Waals surface area contributed by atoms with Crippen molar-refractivity contribution >= 4 is 27.4 Å². The van der Waals surface area contributed by atoms with Crippen molar-refractivity contribution in [1.82, 2.24) is 0 Å². The highest BCUT2D eigenvalue weighted by Gasteiger charge is 2.13. The van der Waals surface area contributed by atoms with Crippen LogP contribution in [0.25, 0.3) is 21.2 Å². The van der Waals surface area contributed by atoms with Gasteiger partial charge in [0, 0.05) is 15.6 Å². The first-order valence-electron chi connectivity index (χ1n) is 10.5. The Kier molecular flexibility index (Phi) is 6.58. The molecule has 4 heteroatoms. The second kappa shape index (κ2) is 9.72. The molecule has 4 rings (SSSR count). The van der Waals surface area contributed by atoms with Gasteiger partial charge in [0.15, 0.2) is 0 Å². The highest BCUT2D eigenvalue weighted by atomic mass is 32.1. The Morgan fingerprint density at radius 2 is 1.84 bits per heavy atom. The normalized spacial score (nSPS) is 11.6. The molecule has 0 saturated carbocycles. The van der Waals surface area contributed by atoms with Crippen LogP contribution < -0.4 is 4.74 Å². The maximum absolute atomic E-state index is 11.1. The van der Waals surface area contributed by atoms with Crippen molar-refractivity contribution in [3.05, 3.63) is 88.8 Å². The lowest BCUT2D eigenvalue weighted by molar-refractivity contribution is -0.137. The summed E-state index contributed by atoms with van der Waals surface area (Å²) < 4.78 is 7.32. The number of ether oxygens (including phenoxy) is 1. The number of rotatable bonds is 7. The maximum Gasteiger partial charge on any atom is 0.304 e. The molecule has 1 heterocycles. The van der Waals surface area contributed by atoms with Gasteiger partial charge in [0.2, 0.25) is 0 Å². The summed E-state index contributed by atoms with van der Waals surface area (Å²) in [7, 11) is 0. The Morgan fingerprint density at radius 1 is 1.06 bits per heavy atom. The number of carboxylic acids is 1. The number of thiophene rings is 1. The molecule has 0 aliphatic heterocycles. The van der Waals surface area contributed by atoms with Gasteiger partial charge in [-0.3, -0.25) is 4.79 Å². The molecule has 1 aromatic heterocycles. The molecule has 0 saturated heterocycles. The van der Waals surface area contributed by atoms with Crippen molar-refractivity contribution in [3.63, 3.8) is 0 Å². The number of fused-ring (bicyclic) bond motifs is 1. The Balaban J connectivity index is 1.51. The average Bonchev–Trinajstić information content (AvgIpc) is 3.21. The topological polar surface area (TPSA) is 46.5 Å². The Hall–Kier alpha value is -3.55. The van der Waals surface area contributed by atoms with Gasteiger partial charge in [-0.05, 0) is 59.7 Å². The number of aryl methyl sites for hydroxylation is 1. The second-order valence-electron chi connectivity index (χ2n) is 7.70. The number of hydrogen-bond donors (Lipinski definition) is 1. The second-order valence-corrected chi connectivity index (χ2v) is 8.61. The zero-order chi connectivity index (χ0) is 22.5. The van der Waals surface area contributed by atoms with E-state index in [1.165, 1.54) is 26.8 Å². The zero-order valence-corrected chi connectivity index (χ0v) is 18.9. The third-order valence-corrected chi connectivity index (χ3v) is 6.43. The SMILES string of the molecule is CC#C[C@@H](CC(=O)O)c1ccc(COc2ccc3scc(-c4ccccc4C)c3c2)cc1. The molecule has 4 aromatic rings. The third kappa shape index (κ3) is 4.85. The van der Waals surface area contributed by atoms with Crippen LogP contribution in [0.5, 0.6) is 5.75 Å². The van der Waals surface area contributed by atoms with Gasteiger partial charge in [0.25, 0.3) is 0 Å². The quantitative estimate of drug-likeness (QED) is 0.314. The first-order valence-corrected chi connectivity index (χ1v) is 11.4. The van der Waals surface area contributed by atoms with Crippen molar-refractivity contribution in [2.75, 3.05) is 0 Å². The predicted molar refractivity (Wildman–Crippen MR) is 131 cm³/mol. The van der Waals surface area contributed by atoms with Gasteiger partial charge in [-0.2, -0.15) is 0 Å². The van der Waals surface area contributed by atoms with Gasteiger partial charge in [-0.1, -0.05) is 54.5 Å². The van der Waals surface area contributed by atoms with Crippen LogP contribution in [0.15, 0.2) is 72.1 Å². The van der Waals surface area contributed by atoms with Gasteiger partial charge < -0.3 is 9.84 Å². The van der Waals surface area contributed by atoms with Crippen molar-refractivity contribution in [3.8, 4) is 28.7 Å². The third-order valence-electron chi connectivity index (χ3n) is 5.47. The van der Waals surface area contributed by atoms with Gasteiger partial charge in [-0.15, -0.1) is 17.3 Å². The van der Waals surface area contributed by atoms with Crippen LogP contribution in [-0.4, -0.2) is 11.1 Å². The molecule has 0 spiro atoms. The van der Waals surface area contributed by atoms with E-state index in [2.05, 4.69) is 60.5 Å². The summed E-state index contributed by atoms with van der Waals surface area (Å²) in [6.07, 6.45) is 0.000559. The van der Waals surface area contributed by atoms with Crippen LogP contribution in [0, 0.1) is 18.8 Å². The number of hydrogen-bond acceptors (Lipinski definition) is 3. The molecule has 0 amide bonds. The molecule has 0 aliphatic carbocycles. The molecular weight excluding hydrogens is 416 g/mol. The van der Waals surface area contributed by atoms with Crippen LogP contribution in [0.2, 0.25) is 0 Å². The smallest absolute Gasteiger partial charge is 0.304 e. The van der Waals surface area contributed by atoms with Crippen LogP contribution in [0.1, 0.15) is 36.0 Å². The van der Waals surface area contributed by atoms with E-state index in [0.29, 0.717) is 6.61 Å². The molecule has 160 valence electrons. The van der Waals surface area contributed by atoms with E-state index in [-0.39, 0.29) is 12.3 Å². The molecule has 1 N–H and O–H groups in total. The molecule has 0 bridgehead atoms. The number of benzene rings is 3. The molecular formula is C28H24O3S. The largest absolute Gasteiger partial charge is 0.489 e. The molecule has 0 unspecified atom stereocenters. The molecule has 0 aliphatic rings. The minimum atomic E-state index is -0.848. The van der Waals surface area contributed by atoms with Crippen molar-refractivity contribution in [1.29, 1.82) is 0 Å². The highest BCUT2D eigenvalue weighted by Crippen LogP contribution is 2.37. The fourth-order valence-electron chi connectivity index (χ4n) is 3.80. The van der Waals surface area contributed by atoms with E-state index in [1.54, 1.807) is 18.3 Å². The van der Waals surface area contributed by atoms with E-state index in [0.717, 1.165) is 16.9 Å². The molecule has 3 nitrogen and oxygen atoms in total. The van der Waals surface area contributed by atoms with E-state index in [9.17, 15) is 4.79 Å². The summed E-state index contributed by atoms with van der Waals surface area (Å²) in [5, 5.41) is 12.5. The molecule has 0 radical (unpaired) electrons. The minimum absolute atomic E-state index is 0.000559. The lowest BCUT2D eigenvalue weighted by Gasteiger charge is -2.11. The molecule has 0 fully saturated rings. The van der Waals surface area contributed by atoms with Gasteiger partial charge in [0.1, 0.15) is 12.4 Å². The summed E-state index contributed by atoms with van der Waals surface area (Å²) in [5.74, 6) is 5.49. The molecule has 1 atom stereocenters. The number of aliphatic carboxylic acids is 1. The average molecular weight is 441 g/mol. The predicted octanol–water partition coefficient (Wildman–Crippen LogP) is 7.04. The minimum Gasteiger partial charge on any atom is -0.489 e. The first kappa shape index (κ1) is 21.7. The summed E-state index contributed by atoms with van der Waals surface area (Å²) >= 11 is 1.74. The monoisotopic (exact) mass is 440 g/mol. The van der Waals surface area contributed by atoms with Crippen LogP contribution in [0.3, 0.4) is 0 Å². The highest BCUT2D eigenvalue weighted by molar-refractivity contribution is 7.17. The van der Waals surface area contributed by atoms with Crippen LogP contribution >= 0.6 is 11.3 Å². The zero-order valence-electron chi connectivity index (χ0n) is 18.1. The standard InChI is InChI=1S/C28H24O3S/c1-3-6-22(15-28(29)30)21-11-9-20(10-12-21)17-31-23-13-14-27-25(16-23)26(18-32-27)24-8-5-4-7-19(24)2/h4-5,7-14,16,18,22H,15,17H2,1-2H3,(H,29,30)/t22-/m0/s1. The van der Waals surface area contributed by atoms with Crippen molar-refractivity contribution in [2.24, 2.45) is 0 Å². The van der Waals surface area contributed by atoms with Gasteiger partial charge in [-0.25, -0.2) is 0 Å². The Bertz CT molecular complexity index is 1310. The number of carboxylic acid groups (broad SMARTS) is 1. The lowest BCUT2D eigenvalue weighted by atomic mass is 9.95. The van der Waals surface area contributed by atoms with E-state index >= 15 is 0 Å². The summed E-state index contributed by atoms with van der Waals surface area (Å²) in [6.45, 7) is 4.31. The van der Waals surface area contributed by atoms with Crippen LogP contribution in [-0.2, 0) is 11.4 Å². The fourth-order valence-corrected chi connectivity index (χ4v) is 4.74. The number of carbonyl (C=O) groups is 1. The Morgan fingerprint density at radius 3 is 2.56 bits per heavy atom. The lowest BCUT2D eigenvalue weighted by Crippen LogP contribution is -2.05. The molecule has 3 aromatic carbocycles. The van der Waals surface area contributed by atoms with E-state index in [4.69, 9.17) is 9.84 Å².